The van der Waals surface area contributed by atoms with Gasteiger partial charge in [0, 0.05) is 38.4 Å². The van der Waals surface area contributed by atoms with E-state index in [-0.39, 0.29) is 18.0 Å². The van der Waals surface area contributed by atoms with E-state index < -0.39 is 0 Å². The fraction of sp³-hybridized carbons (Fsp3) is 0.455. The second-order valence-corrected chi connectivity index (χ2v) is 7.85. The van der Waals surface area contributed by atoms with Gasteiger partial charge in [0.2, 0.25) is 5.91 Å². The molecule has 1 saturated heterocycles. The van der Waals surface area contributed by atoms with Crippen molar-refractivity contribution in [1.82, 2.24) is 14.8 Å². The smallest absolute Gasteiger partial charge is 0.250 e. The number of rotatable bonds is 6. The van der Waals surface area contributed by atoms with Gasteiger partial charge in [-0.1, -0.05) is 44.2 Å². The number of carbonyl (C=O) groups excluding carboxylic acids is 1. The van der Waals surface area contributed by atoms with E-state index in [1.807, 2.05) is 6.07 Å². The number of piperidine rings is 1. The van der Waals surface area contributed by atoms with Crippen molar-refractivity contribution in [2.45, 2.75) is 39.9 Å². The predicted molar refractivity (Wildman–Crippen MR) is 107 cm³/mol. The van der Waals surface area contributed by atoms with Gasteiger partial charge in [-0.15, -0.1) is 0 Å². The van der Waals surface area contributed by atoms with Crippen LogP contribution in [0.4, 0.5) is 0 Å². The lowest BCUT2D eigenvalue weighted by Gasteiger charge is -2.35. The molecule has 1 aliphatic heterocycles. The molecule has 0 spiro atoms. The Balaban J connectivity index is 1.60. The highest BCUT2D eigenvalue weighted by molar-refractivity contribution is 5.75. The van der Waals surface area contributed by atoms with Crippen LogP contribution in [0.5, 0.6) is 0 Å². The number of amides is 1. The van der Waals surface area contributed by atoms with Crippen LogP contribution in [0.1, 0.15) is 31.4 Å². The molecule has 1 amide bonds. The maximum Gasteiger partial charge on any atom is 0.250 e. The zero-order chi connectivity index (χ0) is 19.2. The first-order valence-electron chi connectivity index (χ1n) is 9.72. The maximum absolute atomic E-state index is 12.2. The third-order valence-electron chi connectivity index (χ3n) is 5.15. The molecule has 0 radical (unpaired) electrons. The van der Waals surface area contributed by atoms with Crippen molar-refractivity contribution in [3.63, 3.8) is 0 Å². The van der Waals surface area contributed by atoms with Gasteiger partial charge in [-0.3, -0.25) is 14.5 Å². The number of nitrogens with zero attached hydrogens (tertiary/aromatic N) is 2. The molecule has 1 fully saturated rings. The Morgan fingerprint density at radius 3 is 2.41 bits per heavy atom. The van der Waals surface area contributed by atoms with Crippen molar-refractivity contribution < 1.29 is 4.79 Å². The lowest BCUT2D eigenvalue weighted by Crippen LogP contribution is -2.38. The second kappa shape index (κ2) is 9.00. The van der Waals surface area contributed by atoms with E-state index in [4.69, 9.17) is 0 Å². The zero-order valence-corrected chi connectivity index (χ0v) is 16.2. The van der Waals surface area contributed by atoms with E-state index in [1.54, 1.807) is 18.3 Å². The number of aromatic nitrogens is 1. The van der Waals surface area contributed by atoms with E-state index >= 15 is 0 Å². The zero-order valence-electron chi connectivity index (χ0n) is 16.2. The van der Waals surface area contributed by atoms with Crippen LogP contribution in [0.2, 0.25) is 0 Å². The molecule has 3 rings (SSSR count). The fourth-order valence-electron chi connectivity index (χ4n) is 4.04. The average Bonchev–Trinajstić information content (AvgIpc) is 2.62. The van der Waals surface area contributed by atoms with Crippen LogP contribution in [0, 0.1) is 11.8 Å². The molecule has 0 bridgehead atoms. The largest absolute Gasteiger partial charge is 0.350 e. The third-order valence-corrected chi connectivity index (χ3v) is 5.15. The summed E-state index contributed by atoms with van der Waals surface area (Å²) in [7, 11) is 0. The van der Waals surface area contributed by atoms with E-state index in [0.717, 1.165) is 37.0 Å². The second-order valence-electron chi connectivity index (χ2n) is 7.85. The van der Waals surface area contributed by atoms with Gasteiger partial charge in [-0.05, 0) is 35.4 Å². The quantitative estimate of drug-likeness (QED) is 0.854. The highest BCUT2D eigenvalue weighted by Crippen LogP contribution is 2.23. The van der Waals surface area contributed by atoms with Crippen molar-refractivity contribution in [1.29, 1.82) is 0 Å². The summed E-state index contributed by atoms with van der Waals surface area (Å²) in [6.45, 7) is 8.34. The van der Waals surface area contributed by atoms with Gasteiger partial charge < -0.3 is 9.88 Å². The number of benzene rings is 1. The Hall–Kier alpha value is -2.40. The van der Waals surface area contributed by atoms with Gasteiger partial charge >= 0.3 is 0 Å². The Labute approximate surface area is 161 Å². The SMILES string of the molecule is C[C@@H]1C[C@H](C)CN(Cc2ccccc2CNC(=O)Cn2ccccc2=O)C1. The summed E-state index contributed by atoms with van der Waals surface area (Å²) in [6, 6.07) is 13.2. The lowest BCUT2D eigenvalue weighted by molar-refractivity contribution is -0.121. The first-order chi connectivity index (χ1) is 13.0. The minimum absolute atomic E-state index is 0.0446. The van der Waals surface area contributed by atoms with Crippen LogP contribution >= 0.6 is 0 Å². The summed E-state index contributed by atoms with van der Waals surface area (Å²) >= 11 is 0. The van der Waals surface area contributed by atoms with Crippen LogP contribution in [-0.2, 0) is 24.4 Å². The molecular formula is C22H29N3O2. The molecule has 0 aliphatic carbocycles. The van der Waals surface area contributed by atoms with Crippen molar-refractivity contribution in [3.05, 3.63) is 70.1 Å². The minimum atomic E-state index is -0.165. The van der Waals surface area contributed by atoms with Crippen LogP contribution < -0.4 is 10.9 Å². The van der Waals surface area contributed by atoms with E-state index in [1.165, 1.54) is 22.6 Å². The number of hydrogen-bond donors (Lipinski definition) is 1. The number of carbonyl (C=O) groups is 1. The van der Waals surface area contributed by atoms with Crippen LogP contribution in [-0.4, -0.2) is 28.5 Å². The van der Waals surface area contributed by atoms with Crippen molar-refractivity contribution in [3.8, 4) is 0 Å². The fourth-order valence-corrected chi connectivity index (χ4v) is 4.04. The molecule has 2 aromatic rings. The summed E-state index contributed by atoms with van der Waals surface area (Å²) in [5, 5.41) is 2.95. The van der Waals surface area contributed by atoms with E-state index in [0.29, 0.717) is 6.54 Å². The summed E-state index contributed by atoms with van der Waals surface area (Å²) in [6.07, 6.45) is 2.93. The number of pyridine rings is 1. The number of nitrogens with one attached hydrogen (secondary N) is 1. The van der Waals surface area contributed by atoms with Crippen LogP contribution in [0.3, 0.4) is 0 Å². The molecule has 2 heterocycles. The van der Waals surface area contributed by atoms with Crippen molar-refractivity contribution >= 4 is 5.91 Å². The van der Waals surface area contributed by atoms with Crippen LogP contribution in [0.15, 0.2) is 53.5 Å². The number of hydrogen-bond acceptors (Lipinski definition) is 3. The molecule has 0 unspecified atom stereocenters. The first kappa shape index (κ1) is 19.4. The highest BCUT2D eigenvalue weighted by atomic mass is 16.2. The average molecular weight is 367 g/mol. The van der Waals surface area contributed by atoms with Gasteiger partial charge in [-0.25, -0.2) is 0 Å². The molecule has 5 heteroatoms. The normalized spacial score (nSPS) is 20.4. The Morgan fingerprint density at radius 1 is 1.04 bits per heavy atom. The Bertz CT molecular complexity index is 820. The monoisotopic (exact) mass is 367 g/mol. The van der Waals surface area contributed by atoms with Gasteiger partial charge in [-0.2, -0.15) is 0 Å². The summed E-state index contributed by atoms with van der Waals surface area (Å²) in [4.78, 5) is 26.5. The third kappa shape index (κ3) is 5.54. The van der Waals surface area contributed by atoms with Crippen LogP contribution in [0.25, 0.3) is 0 Å². The summed E-state index contributed by atoms with van der Waals surface area (Å²) in [5.41, 5.74) is 2.23. The van der Waals surface area contributed by atoms with E-state index in [9.17, 15) is 9.59 Å². The molecule has 5 nitrogen and oxygen atoms in total. The molecule has 1 aromatic carbocycles. The molecule has 27 heavy (non-hydrogen) atoms. The molecule has 2 atom stereocenters. The highest BCUT2D eigenvalue weighted by Gasteiger charge is 2.22. The van der Waals surface area contributed by atoms with Crippen molar-refractivity contribution in [2.24, 2.45) is 11.8 Å². The maximum atomic E-state index is 12.2. The topological polar surface area (TPSA) is 54.3 Å². The predicted octanol–water partition coefficient (Wildman–Crippen LogP) is 2.64. The summed E-state index contributed by atoms with van der Waals surface area (Å²) < 4.78 is 1.41. The standard InChI is InChI=1S/C22H29N3O2/c1-17-11-18(2)14-24(13-17)15-20-8-4-3-7-19(20)12-23-21(26)16-25-10-6-5-9-22(25)27/h3-10,17-18H,11-16H2,1-2H3,(H,23,26)/t17-,18+. The van der Waals surface area contributed by atoms with Gasteiger partial charge in [0.1, 0.15) is 6.54 Å². The lowest BCUT2D eigenvalue weighted by atomic mass is 9.91. The number of likely N-dealkylation sites (tertiary alicyclic amines) is 1. The molecule has 144 valence electrons. The van der Waals surface area contributed by atoms with Gasteiger partial charge in [0.25, 0.3) is 5.56 Å². The molecule has 1 aromatic heterocycles. The summed E-state index contributed by atoms with van der Waals surface area (Å²) in [5.74, 6) is 1.30. The molecule has 1 aliphatic rings. The Morgan fingerprint density at radius 2 is 1.70 bits per heavy atom. The van der Waals surface area contributed by atoms with Gasteiger partial charge in [0.15, 0.2) is 0 Å². The first-order valence-corrected chi connectivity index (χ1v) is 9.72. The molecule has 0 saturated carbocycles. The van der Waals surface area contributed by atoms with Crippen molar-refractivity contribution in [2.75, 3.05) is 13.1 Å². The minimum Gasteiger partial charge on any atom is -0.350 e. The van der Waals surface area contributed by atoms with Gasteiger partial charge in [0.05, 0.1) is 0 Å². The molecule has 1 N–H and O–H groups in total. The van der Waals surface area contributed by atoms with E-state index in [2.05, 4.69) is 42.3 Å². The molecular weight excluding hydrogens is 338 g/mol. The Kier molecular flexibility index (Phi) is 6.45.